The summed E-state index contributed by atoms with van der Waals surface area (Å²) in [6.07, 6.45) is 13.4. The highest BCUT2D eigenvalue weighted by Gasteiger charge is 2.25. The van der Waals surface area contributed by atoms with Crippen LogP contribution in [0, 0.1) is 34.8 Å². The summed E-state index contributed by atoms with van der Waals surface area (Å²) < 4.78 is 22.1. The summed E-state index contributed by atoms with van der Waals surface area (Å²) in [6, 6.07) is 1.06. The quantitative estimate of drug-likeness (QED) is 0.0744. The van der Waals surface area contributed by atoms with E-state index in [0.717, 1.165) is 33.8 Å². The molecule has 0 aliphatic rings. The molecular formula is C22H30N5O8PS. The van der Waals surface area contributed by atoms with Gasteiger partial charge in [0.25, 0.3) is 13.7 Å². The SMILES string of the molecule is C#CCN(CCOP(=O)([O-])OCC[N+](C)(C)C)C(=O)CN(CC#C)C(=O)c1cnc(SC)c([N+](=O)[O-])c1. The molecule has 13 nitrogen and oxygen atoms in total. The number of likely N-dealkylation sites (N-methyl/N-ethyl adjacent to an activating group) is 1. The van der Waals surface area contributed by atoms with Crippen LogP contribution in [-0.4, -0.2) is 109 Å². The van der Waals surface area contributed by atoms with Crippen LogP contribution in [0.1, 0.15) is 10.4 Å². The highest BCUT2D eigenvalue weighted by Crippen LogP contribution is 2.37. The number of carbonyl (C=O) groups excluding carboxylic acids is 2. The van der Waals surface area contributed by atoms with Gasteiger partial charge in [-0.2, -0.15) is 0 Å². The number of phosphoric ester groups is 1. The fraction of sp³-hybridized carbons (Fsp3) is 0.500. The van der Waals surface area contributed by atoms with Gasteiger partial charge in [-0.05, 0) is 6.26 Å². The van der Waals surface area contributed by atoms with E-state index in [0.29, 0.717) is 11.0 Å². The van der Waals surface area contributed by atoms with E-state index in [2.05, 4.69) is 16.8 Å². The maximum atomic E-state index is 13.0. The Bertz CT molecular complexity index is 1110. The minimum atomic E-state index is -4.60. The van der Waals surface area contributed by atoms with Crippen LogP contribution in [0.3, 0.4) is 0 Å². The molecule has 1 atom stereocenters. The summed E-state index contributed by atoms with van der Waals surface area (Å²) in [5.41, 5.74) is -0.486. The molecule has 0 aliphatic heterocycles. The average molecular weight is 556 g/mol. The summed E-state index contributed by atoms with van der Waals surface area (Å²) in [4.78, 5) is 54.5. The van der Waals surface area contributed by atoms with E-state index in [1.165, 1.54) is 0 Å². The lowest BCUT2D eigenvalue weighted by atomic mass is 10.2. The number of carbonyl (C=O) groups is 2. The van der Waals surface area contributed by atoms with Gasteiger partial charge in [-0.25, -0.2) is 4.98 Å². The van der Waals surface area contributed by atoms with Crippen molar-refractivity contribution in [1.82, 2.24) is 14.8 Å². The summed E-state index contributed by atoms with van der Waals surface area (Å²) in [7, 11) is 1.01. The Hall–Kier alpha value is -2.97. The Morgan fingerprint density at radius 3 is 2.32 bits per heavy atom. The number of hydrogen-bond donors (Lipinski definition) is 0. The Balaban J connectivity index is 2.88. The highest BCUT2D eigenvalue weighted by molar-refractivity contribution is 7.98. The lowest BCUT2D eigenvalue weighted by molar-refractivity contribution is -0.870. The zero-order valence-corrected chi connectivity index (χ0v) is 22.8. The van der Waals surface area contributed by atoms with Gasteiger partial charge < -0.3 is 28.2 Å². The van der Waals surface area contributed by atoms with Gasteiger partial charge in [-0.3, -0.25) is 24.3 Å². The van der Waals surface area contributed by atoms with Gasteiger partial charge in [0.05, 0.1) is 51.3 Å². The molecule has 0 fully saturated rings. The van der Waals surface area contributed by atoms with Gasteiger partial charge >= 0.3 is 5.69 Å². The van der Waals surface area contributed by atoms with Gasteiger partial charge in [0.1, 0.15) is 19.7 Å². The first-order valence-corrected chi connectivity index (χ1v) is 13.5. The molecule has 15 heteroatoms. The number of hydrogen-bond acceptors (Lipinski definition) is 10. The molecule has 2 amide bonds. The van der Waals surface area contributed by atoms with Crippen molar-refractivity contribution in [1.29, 1.82) is 0 Å². The summed E-state index contributed by atoms with van der Waals surface area (Å²) >= 11 is 1.04. The minimum Gasteiger partial charge on any atom is -0.756 e. The molecule has 1 aromatic heterocycles. The van der Waals surface area contributed by atoms with Crippen LogP contribution in [0.25, 0.3) is 0 Å². The number of pyridine rings is 1. The second-order valence-electron chi connectivity index (χ2n) is 8.52. The Labute approximate surface area is 220 Å². The van der Waals surface area contributed by atoms with Gasteiger partial charge in [0.2, 0.25) is 5.91 Å². The van der Waals surface area contributed by atoms with Crippen molar-refractivity contribution < 1.29 is 37.5 Å². The fourth-order valence-electron chi connectivity index (χ4n) is 2.73. The Morgan fingerprint density at radius 1 is 1.19 bits per heavy atom. The standard InChI is InChI=1S/C22H30N5O8PS/c1-7-9-24(11-13-34-36(32,33)35-14-12-27(3,4)5)20(28)17-25(10-8-2)22(29)18-15-19(26(30)31)21(37-6)23-16-18/h1-2,15-16H,9-14,17H2,3-6H3. The van der Waals surface area contributed by atoms with Crippen LogP contribution >= 0.6 is 19.6 Å². The topological polar surface area (TPSA) is 155 Å². The van der Waals surface area contributed by atoms with Gasteiger partial charge in [-0.1, -0.05) is 11.8 Å². The van der Waals surface area contributed by atoms with E-state index in [9.17, 15) is 29.2 Å². The lowest BCUT2D eigenvalue weighted by Gasteiger charge is -2.28. The summed E-state index contributed by atoms with van der Waals surface area (Å²) in [5.74, 6) is 3.16. The van der Waals surface area contributed by atoms with Crippen molar-refractivity contribution in [2.45, 2.75) is 5.03 Å². The second-order valence-corrected chi connectivity index (χ2v) is 10.7. The number of nitro groups is 1. The van der Waals surface area contributed by atoms with E-state index in [-0.39, 0.29) is 42.5 Å². The van der Waals surface area contributed by atoms with Crippen molar-refractivity contribution >= 4 is 37.1 Å². The zero-order chi connectivity index (χ0) is 28.2. The van der Waals surface area contributed by atoms with Crippen LogP contribution in [-0.2, 0) is 18.4 Å². The molecule has 1 heterocycles. The van der Waals surface area contributed by atoms with Crippen LogP contribution in [0.2, 0.25) is 0 Å². The Morgan fingerprint density at radius 2 is 1.78 bits per heavy atom. The zero-order valence-electron chi connectivity index (χ0n) is 21.1. The summed E-state index contributed by atoms with van der Waals surface area (Å²) in [5, 5.41) is 11.4. The van der Waals surface area contributed by atoms with Crippen molar-refractivity contribution in [2.75, 3.05) is 73.3 Å². The van der Waals surface area contributed by atoms with Crippen LogP contribution < -0.4 is 4.89 Å². The number of aromatic nitrogens is 1. The highest BCUT2D eigenvalue weighted by atomic mass is 32.2. The van der Waals surface area contributed by atoms with Crippen LogP contribution in [0.5, 0.6) is 0 Å². The predicted molar refractivity (Wildman–Crippen MR) is 135 cm³/mol. The third kappa shape index (κ3) is 11.3. The molecule has 1 unspecified atom stereocenters. The Kier molecular flexibility index (Phi) is 12.7. The van der Waals surface area contributed by atoms with Crippen molar-refractivity contribution in [3.05, 3.63) is 27.9 Å². The summed E-state index contributed by atoms with van der Waals surface area (Å²) in [6.45, 7) is -1.27. The predicted octanol–water partition coefficient (Wildman–Crippen LogP) is 0.457. The van der Waals surface area contributed by atoms with Crippen LogP contribution in [0.4, 0.5) is 5.69 Å². The molecule has 0 saturated carbocycles. The normalized spacial score (nSPS) is 12.6. The number of amides is 2. The molecule has 202 valence electrons. The molecule has 0 N–H and O–H groups in total. The maximum absolute atomic E-state index is 13.0. The van der Waals surface area contributed by atoms with Crippen molar-refractivity contribution in [3.8, 4) is 24.7 Å². The first-order chi connectivity index (χ1) is 17.2. The van der Waals surface area contributed by atoms with Crippen LogP contribution in [0.15, 0.2) is 17.3 Å². The first kappa shape index (κ1) is 32.1. The average Bonchev–Trinajstić information content (AvgIpc) is 2.81. The smallest absolute Gasteiger partial charge is 0.302 e. The number of thioether (sulfide) groups is 1. The maximum Gasteiger partial charge on any atom is 0.302 e. The third-order valence-corrected chi connectivity index (χ3v) is 6.32. The largest absolute Gasteiger partial charge is 0.756 e. The third-order valence-electron chi connectivity index (χ3n) is 4.62. The molecular weight excluding hydrogens is 525 g/mol. The fourth-order valence-corrected chi connectivity index (χ4v) is 3.92. The van der Waals surface area contributed by atoms with Crippen molar-refractivity contribution in [2.24, 2.45) is 0 Å². The number of rotatable bonds is 15. The minimum absolute atomic E-state index is 0.0780. The molecule has 1 rings (SSSR count). The molecule has 0 aromatic carbocycles. The molecule has 0 aliphatic carbocycles. The molecule has 0 spiro atoms. The van der Waals surface area contributed by atoms with Gasteiger partial charge in [0, 0.05) is 18.8 Å². The number of quaternary nitrogens is 1. The van der Waals surface area contributed by atoms with Gasteiger partial charge in [-0.15, -0.1) is 24.6 Å². The van der Waals surface area contributed by atoms with Crippen molar-refractivity contribution in [3.63, 3.8) is 0 Å². The number of terminal acetylenes is 2. The number of phosphoric acid groups is 1. The first-order valence-electron chi connectivity index (χ1n) is 10.8. The van der Waals surface area contributed by atoms with E-state index in [1.54, 1.807) is 6.26 Å². The molecule has 0 saturated heterocycles. The van der Waals surface area contributed by atoms with Gasteiger partial charge in [0.15, 0.2) is 5.03 Å². The second kappa shape index (κ2) is 14.7. The lowest BCUT2D eigenvalue weighted by Crippen LogP contribution is -2.44. The monoisotopic (exact) mass is 555 g/mol. The van der Waals surface area contributed by atoms with E-state index >= 15 is 0 Å². The molecule has 0 radical (unpaired) electrons. The number of nitrogens with zero attached hydrogens (tertiary/aromatic N) is 5. The molecule has 0 bridgehead atoms. The molecule has 1 aromatic rings. The van der Waals surface area contributed by atoms with E-state index in [4.69, 9.17) is 21.9 Å². The molecule has 37 heavy (non-hydrogen) atoms. The van der Waals surface area contributed by atoms with E-state index < -0.39 is 37.7 Å². The van der Waals surface area contributed by atoms with E-state index in [1.807, 2.05) is 21.1 Å².